The van der Waals surface area contributed by atoms with Gasteiger partial charge in [0.05, 0.1) is 92.5 Å². The van der Waals surface area contributed by atoms with E-state index in [1.54, 1.807) is 0 Å². The summed E-state index contributed by atoms with van der Waals surface area (Å²) in [6.07, 6.45) is 7.47. The van der Waals surface area contributed by atoms with E-state index in [9.17, 15) is 4.79 Å². The van der Waals surface area contributed by atoms with E-state index in [0.29, 0.717) is 106 Å². The first kappa shape index (κ1) is 35.2. The molecular formula is C26H53NO9. The van der Waals surface area contributed by atoms with Crippen LogP contribution in [0.5, 0.6) is 0 Å². The van der Waals surface area contributed by atoms with Gasteiger partial charge >= 0.3 is 5.97 Å². The van der Waals surface area contributed by atoms with Crippen LogP contribution in [0.3, 0.4) is 0 Å². The predicted octanol–water partition coefficient (Wildman–Crippen LogP) is 2.62. The summed E-state index contributed by atoms with van der Waals surface area (Å²) in [5, 5.41) is 3.02. The van der Waals surface area contributed by atoms with E-state index in [0.717, 1.165) is 19.4 Å². The molecule has 0 aromatic rings. The first-order chi connectivity index (χ1) is 17.8. The lowest BCUT2D eigenvalue weighted by Gasteiger charge is -2.09. The van der Waals surface area contributed by atoms with Gasteiger partial charge in [0.1, 0.15) is 6.61 Å². The van der Waals surface area contributed by atoms with E-state index < -0.39 is 0 Å². The summed E-state index contributed by atoms with van der Waals surface area (Å²) in [6, 6.07) is 0. The Morgan fingerprint density at radius 2 is 0.861 bits per heavy atom. The first-order valence-electron chi connectivity index (χ1n) is 13.7. The van der Waals surface area contributed by atoms with Gasteiger partial charge in [-0.05, 0) is 13.5 Å². The molecule has 0 rings (SSSR count). The molecule has 0 saturated carbocycles. The molecule has 36 heavy (non-hydrogen) atoms. The third-order valence-electron chi connectivity index (χ3n) is 4.95. The number of ether oxygens (including phenoxy) is 8. The highest BCUT2D eigenvalue weighted by molar-refractivity contribution is 5.69. The van der Waals surface area contributed by atoms with Gasteiger partial charge in [-0.15, -0.1) is 0 Å². The standard InChI is InChI=1S/C26H53NO9/c1-3-4-5-6-7-8-9-26(28)36-25-24-35-23-22-34-21-20-33-19-18-32-17-16-31-15-14-30-13-12-29-11-10-27-2/h27H,3-25H2,1-2H3. The molecule has 0 aromatic heterocycles. The van der Waals surface area contributed by atoms with Crippen LogP contribution in [0.4, 0.5) is 0 Å². The monoisotopic (exact) mass is 523 g/mol. The average Bonchev–Trinajstić information content (AvgIpc) is 2.88. The van der Waals surface area contributed by atoms with Crippen molar-refractivity contribution in [2.45, 2.75) is 51.9 Å². The smallest absolute Gasteiger partial charge is 0.305 e. The largest absolute Gasteiger partial charge is 0.463 e. The van der Waals surface area contributed by atoms with Crippen molar-refractivity contribution in [1.82, 2.24) is 5.32 Å². The summed E-state index contributed by atoms with van der Waals surface area (Å²) in [5.41, 5.74) is 0. The maximum Gasteiger partial charge on any atom is 0.305 e. The summed E-state index contributed by atoms with van der Waals surface area (Å²) in [6.45, 7) is 10.7. The molecule has 0 amide bonds. The van der Waals surface area contributed by atoms with Crippen LogP contribution in [0, 0.1) is 0 Å². The van der Waals surface area contributed by atoms with Crippen molar-refractivity contribution >= 4 is 5.97 Å². The Bertz CT molecular complexity index is 430. The molecule has 0 atom stereocenters. The maximum atomic E-state index is 11.6. The molecule has 0 fully saturated rings. The van der Waals surface area contributed by atoms with Gasteiger partial charge in [-0.2, -0.15) is 0 Å². The van der Waals surface area contributed by atoms with E-state index in [2.05, 4.69) is 12.2 Å². The average molecular weight is 524 g/mol. The Balaban J connectivity index is 3.09. The minimum Gasteiger partial charge on any atom is -0.463 e. The van der Waals surface area contributed by atoms with Crippen LogP contribution in [0.2, 0.25) is 0 Å². The lowest BCUT2D eigenvalue weighted by molar-refractivity contribution is -0.145. The Morgan fingerprint density at radius 3 is 1.28 bits per heavy atom. The van der Waals surface area contributed by atoms with Crippen LogP contribution in [0.25, 0.3) is 0 Å². The molecule has 10 heteroatoms. The zero-order chi connectivity index (χ0) is 26.2. The molecule has 1 N–H and O–H groups in total. The van der Waals surface area contributed by atoms with Crippen molar-refractivity contribution in [2.75, 3.05) is 113 Å². The summed E-state index contributed by atoms with van der Waals surface area (Å²) >= 11 is 0. The molecule has 0 aliphatic carbocycles. The normalized spacial score (nSPS) is 11.3. The summed E-state index contributed by atoms with van der Waals surface area (Å²) in [4.78, 5) is 11.6. The van der Waals surface area contributed by atoms with Crippen molar-refractivity contribution in [3.63, 3.8) is 0 Å². The Labute approximate surface area is 218 Å². The zero-order valence-corrected chi connectivity index (χ0v) is 22.9. The highest BCUT2D eigenvalue weighted by Crippen LogP contribution is 2.07. The highest BCUT2D eigenvalue weighted by atomic mass is 16.6. The van der Waals surface area contributed by atoms with Gasteiger partial charge in [-0.1, -0.05) is 39.0 Å². The number of hydrogen-bond donors (Lipinski definition) is 1. The summed E-state index contributed by atoms with van der Waals surface area (Å²) in [7, 11) is 1.89. The molecule has 0 unspecified atom stereocenters. The van der Waals surface area contributed by atoms with Crippen LogP contribution in [0.15, 0.2) is 0 Å². The van der Waals surface area contributed by atoms with Crippen molar-refractivity contribution in [3.8, 4) is 0 Å². The van der Waals surface area contributed by atoms with E-state index in [4.69, 9.17) is 37.9 Å². The van der Waals surface area contributed by atoms with Gasteiger partial charge in [0.25, 0.3) is 0 Å². The SMILES string of the molecule is CCCCCCCCC(=O)OCCOCCOCCOCCOCCOCCOCCOCCNC. The molecular weight excluding hydrogens is 470 g/mol. The van der Waals surface area contributed by atoms with E-state index in [1.165, 1.54) is 25.7 Å². The van der Waals surface area contributed by atoms with Crippen LogP contribution in [-0.4, -0.2) is 119 Å². The molecule has 0 aromatic carbocycles. The Hall–Kier alpha value is -0.850. The Morgan fingerprint density at radius 1 is 0.500 bits per heavy atom. The van der Waals surface area contributed by atoms with Gasteiger partial charge in [0.15, 0.2) is 0 Å². The van der Waals surface area contributed by atoms with Crippen molar-refractivity contribution in [1.29, 1.82) is 0 Å². The Kier molecular flexibility index (Phi) is 31.4. The van der Waals surface area contributed by atoms with Crippen LogP contribution in [-0.2, 0) is 42.7 Å². The second kappa shape index (κ2) is 32.2. The molecule has 0 spiro atoms. The lowest BCUT2D eigenvalue weighted by Crippen LogP contribution is -2.17. The first-order valence-corrected chi connectivity index (χ1v) is 13.7. The van der Waals surface area contributed by atoms with Gasteiger partial charge in [-0.3, -0.25) is 4.79 Å². The topological polar surface area (TPSA) is 103 Å². The third-order valence-corrected chi connectivity index (χ3v) is 4.95. The van der Waals surface area contributed by atoms with E-state index >= 15 is 0 Å². The van der Waals surface area contributed by atoms with Crippen LogP contribution < -0.4 is 5.32 Å². The number of nitrogens with one attached hydrogen (secondary N) is 1. The summed E-state index contributed by atoms with van der Waals surface area (Å²) < 4.78 is 43.1. The highest BCUT2D eigenvalue weighted by Gasteiger charge is 2.02. The van der Waals surface area contributed by atoms with Gasteiger partial charge in [-0.25, -0.2) is 0 Å². The number of rotatable bonds is 31. The number of unbranched alkanes of at least 4 members (excludes halogenated alkanes) is 5. The number of esters is 1. The predicted molar refractivity (Wildman–Crippen MR) is 139 cm³/mol. The van der Waals surface area contributed by atoms with E-state index in [1.807, 2.05) is 7.05 Å². The third kappa shape index (κ3) is 31.2. The minimum atomic E-state index is -0.137. The van der Waals surface area contributed by atoms with E-state index in [-0.39, 0.29) is 5.97 Å². The summed E-state index contributed by atoms with van der Waals surface area (Å²) in [5.74, 6) is -0.137. The second-order valence-corrected chi connectivity index (χ2v) is 8.13. The van der Waals surface area contributed by atoms with Gasteiger partial charge in [0.2, 0.25) is 0 Å². The maximum absolute atomic E-state index is 11.6. The molecule has 0 radical (unpaired) electrons. The second-order valence-electron chi connectivity index (χ2n) is 8.13. The number of carbonyl (C=O) groups is 1. The molecule has 0 saturated heterocycles. The molecule has 0 aliphatic rings. The van der Waals surface area contributed by atoms with Crippen molar-refractivity contribution < 1.29 is 42.7 Å². The van der Waals surface area contributed by atoms with Crippen molar-refractivity contribution in [3.05, 3.63) is 0 Å². The lowest BCUT2D eigenvalue weighted by atomic mass is 10.1. The molecule has 0 heterocycles. The zero-order valence-electron chi connectivity index (χ0n) is 22.9. The fourth-order valence-electron chi connectivity index (χ4n) is 2.93. The molecule has 10 nitrogen and oxygen atoms in total. The number of hydrogen-bond acceptors (Lipinski definition) is 10. The van der Waals surface area contributed by atoms with Gasteiger partial charge in [0, 0.05) is 13.0 Å². The number of carbonyl (C=O) groups excluding carboxylic acids is 1. The number of likely N-dealkylation sites (N-methyl/N-ethyl adjacent to an activating group) is 1. The molecule has 216 valence electrons. The fourth-order valence-corrected chi connectivity index (χ4v) is 2.93. The quantitative estimate of drug-likeness (QED) is 0.108. The minimum absolute atomic E-state index is 0.137. The van der Waals surface area contributed by atoms with Crippen LogP contribution >= 0.6 is 0 Å². The van der Waals surface area contributed by atoms with Crippen molar-refractivity contribution in [2.24, 2.45) is 0 Å². The molecule has 0 bridgehead atoms. The van der Waals surface area contributed by atoms with Gasteiger partial charge < -0.3 is 43.2 Å². The molecule has 0 aliphatic heterocycles. The van der Waals surface area contributed by atoms with Crippen LogP contribution in [0.1, 0.15) is 51.9 Å². The fraction of sp³-hybridized carbons (Fsp3) is 0.962.